The van der Waals surface area contributed by atoms with Crippen molar-refractivity contribution in [1.29, 1.82) is 0 Å². The Kier molecular flexibility index (Phi) is 6.20. The number of rotatable bonds is 8. The van der Waals surface area contributed by atoms with E-state index in [4.69, 9.17) is 0 Å². The summed E-state index contributed by atoms with van der Waals surface area (Å²) in [6, 6.07) is 3.65. The Morgan fingerprint density at radius 2 is 1.95 bits per heavy atom. The van der Waals surface area contributed by atoms with E-state index in [1.165, 1.54) is 4.31 Å². The topological polar surface area (TPSA) is 74.3 Å². The Bertz CT molecular complexity index is 462. The maximum absolute atomic E-state index is 12.0. The minimum atomic E-state index is -3.49. The van der Waals surface area contributed by atoms with Gasteiger partial charge in [0, 0.05) is 32.0 Å². The molecule has 0 aromatic carbocycles. The fourth-order valence-corrected chi connectivity index (χ4v) is 2.42. The summed E-state index contributed by atoms with van der Waals surface area (Å²) in [5, 5.41) is 3.25. The van der Waals surface area contributed by atoms with Crippen LogP contribution >= 0.6 is 0 Å². The Balaban J connectivity index is 2.44. The molecule has 1 aromatic heterocycles. The van der Waals surface area contributed by atoms with Crippen molar-refractivity contribution < 1.29 is 8.42 Å². The van der Waals surface area contributed by atoms with Gasteiger partial charge in [-0.15, -0.1) is 0 Å². The average Bonchev–Trinajstić information content (AvgIpc) is 2.34. The molecule has 0 saturated heterocycles. The second-order valence-electron chi connectivity index (χ2n) is 4.63. The fourth-order valence-electron chi connectivity index (χ4n) is 1.46. The van der Waals surface area contributed by atoms with Gasteiger partial charge in [-0.3, -0.25) is 9.71 Å². The second-order valence-corrected chi connectivity index (χ2v) is 6.40. The van der Waals surface area contributed by atoms with Crippen LogP contribution in [0.4, 0.5) is 5.69 Å². The van der Waals surface area contributed by atoms with Crippen LogP contribution in [-0.4, -0.2) is 43.9 Å². The van der Waals surface area contributed by atoms with Crippen LogP contribution in [-0.2, 0) is 10.2 Å². The Hall–Kier alpha value is -1.18. The molecule has 1 rings (SSSR count). The van der Waals surface area contributed by atoms with Gasteiger partial charge in [0.2, 0.25) is 0 Å². The summed E-state index contributed by atoms with van der Waals surface area (Å²) in [4.78, 5) is 3.84. The summed E-state index contributed by atoms with van der Waals surface area (Å²) < 4.78 is 27.8. The summed E-state index contributed by atoms with van der Waals surface area (Å²) in [5.41, 5.74) is 0.516. The van der Waals surface area contributed by atoms with Crippen LogP contribution in [0.5, 0.6) is 0 Å². The molecule has 0 atom stereocenters. The predicted molar refractivity (Wildman–Crippen MR) is 77.2 cm³/mol. The Labute approximate surface area is 115 Å². The molecule has 0 aliphatic carbocycles. The zero-order valence-electron chi connectivity index (χ0n) is 11.6. The third-order valence-electron chi connectivity index (χ3n) is 2.54. The van der Waals surface area contributed by atoms with Gasteiger partial charge in [-0.2, -0.15) is 12.7 Å². The molecule has 0 spiro atoms. The summed E-state index contributed by atoms with van der Waals surface area (Å²) in [5.74, 6) is 0. The standard InChI is InChI=1S/C12H22N4O2S/c1-11(2)14-7-4-10-16(3)19(17,18)15-12-5-8-13-9-6-12/h5-6,8-9,11,14H,4,7,10H2,1-3H3,(H,13,15). The van der Waals surface area contributed by atoms with E-state index >= 15 is 0 Å². The molecule has 0 amide bonds. The molecule has 0 aliphatic rings. The van der Waals surface area contributed by atoms with E-state index in [0.717, 1.165) is 13.0 Å². The van der Waals surface area contributed by atoms with E-state index < -0.39 is 10.2 Å². The number of pyridine rings is 1. The number of hydrogen-bond acceptors (Lipinski definition) is 4. The monoisotopic (exact) mass is 286 g/mol. The van der Waals surface area contributed by atoms with Crippen LogP contribution in [0.3, 0.4) is 0 Å². The summed E-state index contributed by atoms with van der Waals surface area (Å²) in [6.45, 7) is 5.39. The van der Waals surface area contributed by atoms with Crippen molar-refractivity contribution >= 4 is 15.9 Å². The molecule has 6 nitrogen and oxygen atoms in total. The minimum Gasteiger partial charge on any atom is -0.314 e. The van der Waals surface area contributed by atoms with Crippen LogP contribution in [0.15, 0.2) is 24.5 Å². The molecule has 0 unspecified atom stereocenters. The first-order chi connectivity index (χ1) is 8.92. The van der Waals surface area contributed by atoms with E-state index in [1.807, 2.05) is 0 Å². The third kappa shape index (κ3) is 6.00. The van der Waals surface area contributed by atoms with Crippen LogP contribution in [0.2, 0.25) is 0 Å². The minimum absolute atomic E-state index is 0.414. The van der Waals surface area contributed by atoms with Gasteiger partial charge < -0.3 is 5.32 Å². The molecule has 0 fully saturated rings. The van der Waals surface area contributed by atoms with Gasteiger partial charge in [0.15, 0.2) is 0 Å². The molecule has 7 heteroatoms. The average molecular weight is 286 g/mol. The van der Waals surface area contributed by atoms with E-state index in [1.54, 1.807) is 31.6 Å². The molecule has 19 heavy (non-hydrogen) atoms. The first-order valence-corrected chi connectivity index (χ1v) is 7.73. The molecule has 2 N–H and O–H groups in total. The molecule has 108 valence electrons. The van der Waals surface area contributed by atoms with Gasteiger partial charge in [-0.05, 0) is 25.1 Å². The Morgan fingerprint density at radius 1 is 1.32 bits per heavy atom. The molecule has 0 aliphatic heterocycles. The zero-order valence-corrected chi connectivity index (χ0v) is 12.4. The van der Waals surface area contributed by atoms with Crippen molar-refractivity contribution in [3.05, 3.63) is 24.5 Å². The number of anilines is 1. The van der Waals surface area contributed by atoms with Gasteiger partial charge in [-0.25, -0.2) is 0 Å². The number of hydrogen-bond donors (Lipinski definition) is 2. The molecular formula is C12H22N4O2S. The molecular weight excluding hydrogens is 264 g/mol. The third-order valence-corrected chi connectivity index (χ3v) is 4.04. The smallest absolute Gasteiger partial charge is 0.301 e. The quantitative estimate of drug-likeness (QED) is 0.701. The van der Waals surface area contributed by atoms with Crippen molar-refractivity contribution in [3.63, 3.8) is 0 Å². The number of aromatic nitrogens is 1. The van der Waals surface area contributed by atoms with E-state index in [0.29, 0.717) is 18.3 Å². The van der Waals surface area contributed by atoms with Crippen molar-refractivity contribution in [2.75, 3.05) is 24.9 Å². The van der Waals surface area contributed by atoms with E-state index in [9.17, 15) is 8.42 Å². The highest BCUT2D eigenvalue weighted by atomic mass is 32.2. The summed E-state index contributed by atoms with van der Waals surface area (Å²) in [6.07, 6.45) is 3.86. The maximum atomic E-state index is 12.0. The summed E-state index contributed by atoms with van der Waals surface area (Å²) in [7, 11) is -1.92. The highest BCUT2D eigenvalue weighted by molar-refractivity contribution is 7.90. The van der Waals surface area contributed by atoms with Gasteiger partial charge in [-0.1, -0.05) is 13.8 Å². The van der Waals surface area contributed by atoms with E-state index in [2.05, 4.69) is 28.9 Å². The molecule has 0 saturated carbocycles. The van der Waals surface area contributed by atoms with Crippen LogP contribution in [0, 0.1) is 0 Å². The highest BCUT2D eigenvalue weighted by Crippen LogP contribution is 2.08. The normalized spacial score (nSPS) is 12.1. The van der Waals surface area contributed by atoms with Crippen molar-refractivity contribution in [3.8, 4) is 0 Å². The number of nitrogens with one attached hydrogen (secondary N) is 2. The van der Waals surface area contributed by atoms with Crippen molar-refractivity contribution in [2.45, 2.75) is 26.3 Å². The maximum Gasteiger partial charge on any atom is 0.301 e. The lowest BCUT2D eigenvalue weighted by atomic mass is 10.3. The Morgan fingerprint density at radius 3 is 2.53 bits per heavy atom. The second kappa shape index (κ2) is 7.42. The SMILES string of the molecule is CC(C)NCCCN(C)S(=O)(=O)Nc1ccncc1. The van der Waals surface area contributed by atoms with Gasteiger partial charge >= 0.3 is 10.2 Å². The first-order valence-electron chi connectivity index (χ1n) is 6.29. The van der Waals surface area contributed by atoms with E-state index in [-0.39, 0.29) is 0 Å². The van der Waals surface area contributed by atoms with Crippen LogP contribution < -0.4 is 10.0 Å². The largest absolute Gasteiger partial charge is 0.314 e. The number of nitrogens with zero attached hydrogens (tertiary/aromatic N) is 2. The first kappa shape index (κ1) is 15.9. The van der Waals surface area contributed by atoms with Gasteiger partial charge in [0.05, 0.1) is 5.69 Å². The van der Waals surface area contributed by atoms with Gasteiger partial charge in [0.25, 0.3) is 0 Å². The van der Waals surface area contributed by atoms with Crippen molar-refractivity contribution in [2.24, 2.45) is 0 Å². The lowest BCUT2D eigenvalue weighted by molar-refractivity contribution is 0.451. The fraction of sp³-hybridized carbons (Fsp3) is 0.583. The highest BCUT2D eigenvalue weighted by Gasteiger charge is 2.16. The molecule has 0 bridgehead atoms. The van der Waals surface area contributed by atoms with Crippen molar-refractivity contribution in [1.82, 2.24) is 14.6 Å². The van der Waals surface area contributed by atoms with Gasteiger partial charge in [0.1, 0.15) is 0 Å². The lowest BCUT2D eigenvalue weighted by Gasteiger charge is -2.18. The molecule has 1 heterocycles. The lowest BCUT2D eigenvalue weighted by Crippen LogP contribution is -2.35. The summed E-state index contributed by atoms with van der Waals surface area (Å²) >= 11 is 0. The predicted octanol–water partition coefficient (Wildman–Crippen LogP) is 1.06. The molecule has 1 aromatic rings. The van der Waals surface area contributed by atoms with Crippen LogP contribution in [0.25, 0.3) is 0 Å². The van der Waals surface area contributed by atoms with Crippen LogP contribution in [0.1, 0.15) is 20.3 Å². The zero-order chi connectivity index (χ0) is 14.3. The molecule has 0 radical (unpaired) electrons.